The summed E-state index contributed by atoms with van der Waals surface area (Å²) in [5.74, 6) is 1.84. The van der Waals surface area contributed by atoms with Gasteiger partial charge >= 0.3 is 6.36 Å². The predicted octanol–water partition coefficient (Wildman–Crippen LogP) is 4.62. The van der Waals surface area contributed by atoms with Crippen LogP contribution in [0.25, 0.3) is 0 Å². The fourth-order valence-electron chi connectivity index (χ4n) is 1.76. The van der Waals surface area contributed by atoms with Crippen molar-refractivity contribution in [3.63, 3.8) is 0 Å². The standard InChI is InChI=1S/C17H24F3NO3S2/c1-26(2,3)11-9-22-13-23-15-7-4-6-14(12-21)16(15)25-10-5-8-24-17(18,19)20/h4,6-7H,5,8-11,13H2,1-3H3. The molecule has 0 aromatic heterocycles. The molecule has 0 spiro atoms. The molecule has 0 fully saturated rings. The Labute approximate surface area is 158 Å². The molecule has 0 aliphatic heterocycles. The highest BCUT2D eigenvalue weighted by atomic mass is 32.3. The number of ether oxygens (including phenoxy) is 3. The van der Waals surface area contributed by atoms with E-state index in [0.717, 1.165) is 5.75 Å². The van der Waals surface area contributed by atoms with E-state index < -0.39 is 23.0 Å². The molecule has 0 saturated heterocycles. The smallest absolute Gasteiger partial charge is 0.466 e. The molecular formula is C17H24F3NO3S2. The molecule has 9 heteroatoms. The van der Waals surface area contributed by atoms with Gasteiger partial charge < -0.3 is 9.47 Å². The highest BCUT2D eigenvalue weighted by Gasteiger charge is 2.28. The lowest BCUT2D eigenvalue weighted by Gasteiger charge is -2.24. The molecule has 4 nitrogen and oxygen atoms in total. The zero-order chi connectivity index (χ0) is 19.6. The van der Waals surface area contributed by atoms with Crippen LogP contribution in [0.3, 0.4) is 0 Å². The van der Waals surface area contributed by atoms with Gasteiger partial charge in [0, 0.05) is 11.5 Å². The van der Waals surface area contributed by atoms with Crippen LogP contribution >= 0.6 is 21.8 Å². The summed E-state index contributed by atoms with van der Waals surface area (Å²) in [6.45, 7) is 0.239. The Bertz CT molecular complexity index is 598. The summed E-state index contributed by atoms with van der Waals surface area (Å²) in [4.78, 5) is 0.604. The molecular weight excluding hydrogens is 387 g/mol. The third-order valence-electron chi connectivity index (χ3n) is 3.04. The number of thioether (sulfide) groups is 1. The zero-order valence-corrected chi connectivity index (χ0v) is 16.7. The molecule has 148 valence electrons. The lowest BCUT2D eigenvalue weighted by molar-refractivity contribution is -0.324. The minimum Gasteiger partial charge on any atom is -0.466 e. The minimum absolute atomic E-state index is 0.0646. The lowest BCUT2D eigenvalue weighted by atomic mass is 10.2. The van der Waals surface area contributed by atoms with Crippen LogP contribution in [0.15, 0.2) is 23.1 Å². The van der Waals surface area contributed by atoms with Crippen molar-refractivity contribution in [2.45, 2.75) is 17.7 Å². The Morgan fingerprint density at radius 2 is 1.92 bits per heavy atom. The first-order valence-electron chi connectivity index (χ1n) is 7.85. The molecule has 0 aliphatic rings. The first kappa shape index (κ1) is 23.0. The number of nitrogens with zero attached hydrogens (tertiary/aromatic N) is 1. The number of halogens is 3. The molecule has 1 aromatic carbocycles. The zero-order valence-electron chi connectivity index (χ0n) is 15.1. The SMILES string of the molecule is CS(C)(C)CCOCOc1cccc(C#N)c1SCCCOC(F)(F)F. The number of hydrogen-bond acceptors (Lipinski definition) is 5. The van der Waals surface area contributed by atoms with Crippen LogP contribution in [0.4, 0.5) is 13.2 Å². The van der Waals surface area contributed by atoms with Crippen molar-refractivity contribution in [2.24, 2.45) is 0 Å². The number of nitriles is 1. The van der Waals surface area contributed by atoms with E-state index >= 15 is 0 Å². The van der Waals surface area contributed by atoms with Crippen molar-refractivity contribution in [3.8, 4) is 11.8 Å². The topological polar surface area (TPSA) is 51.5 Å². The summed E-state index contributed by atoms with van der Waals surface area (Å²) in [6, 6.07) is 7.13. The molecule has 0 radical (unpaired) electrons. The van der Waals surface area contributed by atoms with Gasteiger partial charge in [0.1, 0.15) is 11.8 Å². The Balaban J connectivity index is 2.52. The predicted molar refractivity (Wildman–Crippen MR) is 100 cm³/mol. The monoisotopic (exact) mass is 411 g/mol. The van der Waals surface area contributed by atoms with Gasteiger partial charge in [0.2, 0.25) is 0 Å². The molecule has 0 N–H and O–H groups in total. The highest BCUT2D eigenvalue weighted by molar-refractivity contribution is 8.32. The van der Waals surface area contributed by atoms with Gasteiger partial charge in [-0.1, -0.05) is 6.07 Å². The molecule has 1 rings (SSSR count). The van der Waals surface area contributed by atoms with Crippen LogP contribution in [0.5, 0.6) is 5.75 Å². The van der Waals surface area contributed by atoms with E-state index in [2.05, 4.69) is 29.6 Å². The first-order valence-corrected chi connectivity index (χ1v) is 11.9. The Kier molecular flexibility index (Phi) is 9.64. The molecule has 0 bridgehead atoms. The molecule has 1 aromatic rings. The fourth-order valence-corrected chi connectivity index (χ4v) is 3.38. The Morgan fingerprint density at radius 1 is 1.19 bits per heavy atom. The second kappa shape index (κ2) is 10.9. The summed E-state index contributed by atoms with van der Waals surface area (Å²) in [7, 11) is -0.636. The normalized spacial score (nSPS) is 12.7. The third kappa shape index (κ3) is 10.2. The summed E-state index contributed by atoms with van der Waals surface area (Å²) in [5.41, 5.74) is 0.420. The van der Waals surface area contributed by atoms with Crippen LogP contribution in [0.1, 0.15) is 12.0 Å². The summed E-state index contributed by atoms with van der Waals surface area (Å²) in [6.07, 6.45) is 2.18. The van der Waals surface area contributed by atoms with Crippen molar-refractivity contribution in [3.05, 3.63) is 23.8 Å². The number of rotatable bonds is 11. The molecule has 0 saturated carbocycles. The van der Waals surface area contributed by atoms with Crippen LogP contribution < -0.4 is 4.74 Å². The van der Waals surface area contributed by atoms with E-state index in [1.807, 2.05) is 0 Å². The second-order valence-corrected chi connectivity index (χ2v) is 11.9. The van der Waals surface area contributed by atoms with E-state index in [4.69, 9.17) is 9.47 Å². The van der Waals surface area contributed by atoms with Gasteiger partial charge in [-0.15, -0.1) is 24.9 Å². The highest BCUT2D eigenvalue weighted by Crippen LogP contribution is 2.34. The summed E-state index contributed by atoms with van der Waals surface area (Å²) < 4.78 is 50.7. The fraction of sp³-hybridized carbons (Fsp3) is 0.588. The van der Waals surface area contributed by atoms with Crippen LogP contribution in [0.2, 0.25) is 0 Å². The number of hydrogen-bond donors (Lipinski definition) is 0. The van der Waals surface area contributed by atoms with Crippen molar-refractivity contribution in [2.75, 3.05) is 50.3 Å². The van der Waals surface area contributed by atoms with E-state index in [9.17, 15) is 18.4 Å². The van der Waals surface area contributed by atoms with Crippen LogP contribution in [-0.4, -0.2) is 56.6 Å². The van der Waals surface area contributed by atoms with Crippen molar-refractivity contribution in [1.82, 2.24) is 0 Å². The third-order valence-corrected chi connectivity index (χ3v) is 5.63. The maximum Gasteiger partial charge on any atom is 0.522 e. The average Bonchev–Trinajstić information content (AvgIpc) is 2.52. The quantitative estimate of drug-likeness (QED) is 0.302. The summed E-state index contributed by atoms with van der Waals surface area (Å²) in [5, 5.41) is 9.23. The van der Waals surface area contributed by atoms with Gasteiger partial charge in [0.15, 0.2) is 6.79 Å². The second-order valence-electron chi connectivity index (χ2n) is 6.21. The van der Waals surface area contributed by atoms with Gasteiger partial charge in [0.25, 0.3) is 0 Å². The summed E-state index contributed by atoms with van der Waals surface area (Å²) >= 11 is 1.27. The van der Waals surface area contributed by atoms with Crippen LogP contribution in [-0.2, 0) is 9.47 Å². The molecule has 0 amide bonds. The van der Waals surface area contributed by atoms with E-state index in [0.29, 0.717) is 28.6 Å². The maximum absolute atomic E-state index is 12.0. The van der Waals surface area contributed by atoms with Gasteiger partial charge in [-0.3, -0.25) is 4.74 Å². The molecule has 26 heavy (non-hydrogen) atoms. The van der Waals surface area contributed by atoms with Gasteiger partial charge in [-0.05, 0) is 37.3 Å². The van der Waals surface area contributed by atoms with E-state index in [1.54, 1.807) is 18.2 Å². The molecule has 0 aliphatic carbocycles. The maximum atomic E-state index is 12.0. The number of benzene rings is 1. The van der Waals surface area contributed by atoms with E-state index in [1.165, 1.54) is 11.8 Å². The lowest BCUT2D eigenvalue weighted by Crippen LogP contribution is -2.14. The largest absolute Gasteiger partial charge is 0.522 e. The van der Waals surface area contributed by atoms with Crippen molar-refractivity contribution < 1.29 is 27.4 Å². The van der Waals surface area contributed by atoms with Crippen LogP contribution in [0, 0.1) is 11.3 Å². The van der Waals surface area contributed by atoms with Crippen molar-refractivity contribution >= 4 is 21.8 Å². The molecule has 0 unspecified atom stereocenters. The molecule has 0 heterocycles. The van der Waals surface area contributed by atoms with Gasteiger partial charge in [-0.25, -0.2) is 10.0 Å². The van der Waals surface area contributed by atoms with E-state index in [-0.39, 0.29) is 13.2 Å². The van der Waals surface area contributed by atoms with Crippen molar-refractivity contribution in [1.29, 1.82) is 5.26 Å². The van der Waals surface area contributed by atoms with Gasteiger partial charge in [0.05, 0.1) is 23.7 Å². The average molecular weight is 412 g/mol. The molecule has 0 atom stereocenters. The number of alkyl halides is 3. The Hall–Kier alpha value is -1.08. The minimum atomic E-state index is -4.62. The first-order chi connectivity index (χ1) is 12.1. The Morgan fingerprint density at radius 3 is 2.54 bits per heavy atom. The van der Waals surface area contributed by atoms with Gasteiger partial charge in [-0.2, -0.15) is 5.26 Å².